The number of urea groups is 1. The molecule has 0 saturated heterocycles. The van der Waals surface area contributed by atoms with E-state index in [-0.39, 0.29) is 17.3 Å². The van der Waals surface area contributed by atoms with E-state index >= 15 is 0 Å². The molecular weight excluding hydrogens is 269 g/mol. The van der Waals surface area contributed by atoms with Crippen LogP contribution in [-0.2, 0) is 6.18 Å². The van der Waals surface area contributed by atoms with Crippen LogP contribution in [0.5, 0.6) is 0 Å². The molecule has 3 nitrogen and oxygen atoms in total. The Morgan fingerprint density at radius 3 is 2.50 bits per heavy atom. The molecular formula is C11H10ClF3N2O. The molecule has 7 heteroatoms. The van der Waals surface area contributed by atoms with Gasteiger partial charge >= 0.3 is 12.2 Å². The van der Waals surface area contributed by atoms with Gasteiger partial charge in [0.1, 0.15) is 0 Å². The number of nitrogens with one attached hydrogen (secondary N) is 2. The van der Waals surface area contributed by atoms with Gasteiger partial charge in [0.2, 0.25) is 0 Å². The number of halogens is 4. The minimum Gasteiger partial charge on any atom is -0.333 e. The van der Waals surface area contributed by atoms with Gasteiger partial charge in [0.15, 0.2) is 0 Å². The van der Waals surface area contributed by atoms with Crippen molar-refractivity contribution in [1.82, 2.24) is 5.32 Å². The molecule has 0 bridgehead atoms. The van der Waals surface area contributed by atoms with Crippen LogP contribution in [0.4, 0.5) is 23.7 Å². The van der Waals surface area contributed by atoms with Gasteiger partial charge < -0.3 is 10.6 Å². The van der Waals surface area contributed by atoms with Crippen molar-refractivity contribution in [2.45, 2.75) is 6.18 Å². The van der Waals surface area contributed by atoms with Crippen molar-refractivity contribution >= 4 is 23.3 Å². The predicted molar refractivity (Wildman–Crippen MR) is 63.5 cm³/mol. The van der Waals surface area contributed by atoms with E-state index in [4.69, 9.17) is 11.6 Å². The molecule has 0 heterocycles. The molecule has 0 radical (unpaired) electrons. The highest BCUT2D eigenvalue weighted by molar-refractivity contribution is 6.29. The summed E-state index contributed by atoms with van der Waals surface area (Å²) in [6.45, 7) is 3.31. The van der Waals surface area contributed by atoms with Crippen LogP contribution in [-0.4, -0.2) is 12.6 Å². The zero-order valence-electron chi connectivity index (χ0n) is 9.14. The van der Waals surface area contributed by atoms with Crippen molar-refractivity contribution in [1.29, 1.82) is 0 Å². The molecule has 98 valence electrons. The lowest BCUT2D eigenvalue weighted by molar-refractivity contribution is -0.136. The van der Waals surface area contributed by atoms with Gasteiger partial charge in [0, 0.05) is 5.03 Å². The maximum atomic E-state index is 12.6. The summed E-state index contributed by atoms with van der Waals surface area (Å²) in [5, 5.41) is 4.54. The maximum absolute atomic E-state index is 12.6. The van der Waals surface area contributed by atoms with E-state index in [1.807, 2.05) is 0 Å². The Labute approximate surface area is 107 Å². The Bertz CT molecular complexity index is 460. The number of amides is 2. The lowest BCUT2D eigenvalue weighted by Crippen LogP contribution is -2.30. The summed E-state index contributed by atoms with van der Waals surface area (Å²) in [5.41, 5.74) is -1.23. The first-order valence-electron chi connectivity index (χ1n) is 4.85. The average Bonchev–Trinajstić information content (AvgIpc) is 2.25. The second-order valence-corrected chi connectivity index (χ2v) is 3.90. The van der Waals surface area contributed by atoms with E-state index in [0.717, 1.165) is 12.1 Å². The summed E-state index contributed by atoms with van der Waals surface area (Å²) in [6, 6.07) is 3.90. The van der Waals surface area contributed by atoms with Gasteiger partial charge in [-0.25, -0.2) is 4.79 Å². The van der Waals surface area contributed by atoms with Gasteiger partial charge in [-0.3, -0.25) is 0 Å². The molecule has 1 aromatic carbocycles. The fourth-order valence-corrected chi connectivity index (χ4v) is 1.25. The third-order valence-corrected chi connectivity index (χ3v) is 2.06. The number of hydrogen-bond acceptors (Lipinski definition) is 1. The lowest BCUT2D eigenvalue weighted by Gasteiger charge is -2.13. The van der Waals surface area contributed by atoms with E-state index < -0.39 is 17.8 Å². The van der Waals surface area contributed by atoms with Gasteiger partial charge in [0.05, 0.1) is 17.8 Å². The smallest absolute Gasteiger partial charge is 0.333 e. The third-order valence-electron chi connectivity index (χ3n) is 1.92. The number of rotatable bonds is 3. The first-order valence-corrected chi connectivity index (χ1v) is 5.23. The van der Waals surface area contributed by atoms with Gasteiger partial charge in [-0.1, -0.05) is 30.3 Å². The number of alkyl halides is 3. The second kappa shape index (κ2) is 5.77. The number of hydrogen-bond donors (Lipinski definition) is 2. The molecule has 1 rings (SSSR count). The Hall–Kier alpha value is -1.69. The summed E-state index contributed by atoms with van der Waals surface area (Å²) in [4.78, 5) is 11.3. The first kappa shape index (κ1) is 14.4. The quantitative estimate of drug-likeness (QED) is 0.872. The molecule has 0 spiro atoms. The van der Waals surface area contributed by atoms with Crippen molar-refractivity contribution in [3.05, 3.63) is 41.4 Å². The maximum Gasteiger partial charge on any atom is 0.418 e. The largest absolute Gasteiger partial charge is 0.418 e. The summed E-state index contributed by atoms with van der Waals surface area (Å²) in [6.07, 6.45) is -4.53. The number of benzene rings is 1. The van der Waals surface area contributed by atoms with E-state index in [1.165, 1.54) is 12.1 Å². The second-order valence-electron chi connectivity index (χ2n) is 3.37. The summed E-state index contributed by atoms with van der Waals surface area (Å²) in [7, 11) is 0. The lowest BCUT2D eigenvalue weighted by atomic mass is 10.1. The summed E-state index contributed by atoms with van der Waals surface area (Å²) in [5.74, 6) is 0. The Balaban J connectivity index is 2.79. The van der Waals surface area contributed by atoms with Crippen LogP contribution < -0.4 is 10.6 Å². The van der Waals surface area contributed by atoms with Crippen LogP contribution in [0.3, 0.4) is 0 Å². The SMILES string of the molecule is C=C(Cl)CNC(=O)Nc1ccccc1C(F)(F)F. The molecule has 0 aliphatic rings. The molecule has 0 atom stereocenters. The van der Waals surface area contributed by atoms with Crippen LogP contribution >= 0.6 is 11.6 Å². The fraction of sp³-hybridized carbons (Fsp3) is 0.182. The molecule has 2 N–H and O–H groups in total. The number of para-hydroxylation sites is 1. The molecule has 0 aromatic heterocycles. The highest BCUT2D eigenvalue weighted by Crippen LogP contribution is 2.34. The molecule has 0 unspecified atom stereocenters. The molecule has 18 heavy (non-hydrogen) atoms. The molecule has 0 aliphatic carbocycles. The Morgan fingerprint density at radius 2 is 1.94 bits per heavy atom. The monoisotopic (exact) mass is 278 g/mol. The first-order chi connectivity index (χ1) is 8.30. The van der Waals surface area contributed by atoms with E-state index in [9.17, 15) is 18.0 Å². The average molecular weight is 279 g/mol. The number of anilines is 1. The van der Waals surface area contributed by atoms with Crippen molar-refractivity contribution in [3.63, 3.8) is 0 Å². The van der Waals surface area contributed by atoms with Gasteiger partial charge in [-0.15, -0.1) is 0 Å². The standard InChI is InChI=1S/C11H10ClF3N2O/c1-7(12)6-16-10(18)17-9-5-3-2-4-8(9)11(13,14)15/h2-5H,1,6H2,(H2,16,17,18). The van der Waals surface area contributed by atoms with Crippen LogP contribution in [0.15, 0.2) is 35.9 Å². The predicted octanol–water partition coefficient (Wildman–Crippen LogP) is 3.58. The van der Waals surface area contributed by atoms with Crippen molar-refractivity contribution in [2.75, 3.05) is 11.9 Å². The molecule has 2 amide bonds. The zero-order chi connectivity index (χ0) is 13.8. The van der Waals surface area contributed by atoms with Gasteiger partial charge in [-0.2, -0.15) is 13.2 Å². The molecule has 0 saturated carbocycles. The van der Waals surface area contributed by atoms with E-state index in [0.29, 0.717) is 0 Å². The zero-order valence-corrected chi connectivity index (χ0v) is 9.90. The van der Waals surface area contributed by atoms with Crippen LogP contribution in [0, 0.1) is 0 Å². The highest BCUT2D eigenvalue weighted by Gasteiger charge is 2.33. The Morgan fingerprint density at radius 1 is 1.33 bits per heavy atom. The summed E-state index contributed by atoms with van der Waals surface area (Å²) >= 11 is 5.41. The van der Waals surface area contributed by atoms with Crippen LogP contribution in [0.25, 0.3) is 0 Å². The van der Waals surface area contributed by atoms with E-state index in [2.05, 4.69) is 17.2 Å². The Kier molecular flexibility index (Phi) is 4.61. The molecule has 1 aromatic rings. The van der Waals surface area contributed by atoms with Gasteiger partial charge in [0.25, 0.3) is 0 Å². The van der Waals surface area contributed by atoms with Crippen LogP contribution in [0.2, 0.25) is 0 Å². The van der Waals surface area contributed by atoms with Crippen molar-refractivity contribution in [2.24, 2.45) is 0 Å². The summed E-state index contributed by atoms with van der Waals surface area (Å²) < 4.78 is 37.8. The number of carbonyl (C=O) groups excluding carboxylic acids is 1. The topological polar surface area (TPSA) is 41.1 Å². The van der Waals surface area contributed by atoms with Crippen molar-refractivity contribution < 1.29 is 18.0 Å². The molecule has 0 fully saturated rings. The fourth-order valence-electron chi connectivity index (χ4n) is 1.18. The highest BCUT2D eigenvalue weighted by atomic mass is 35.5. The van der Waals surface area contributed by atoms with Crippen molar-refractivity contribution in [3.8, 4) is 0 Å². The molecule has 0 aliphatic heterocycles. The minimum absolute atomic E-state index is 0.0262. The third kappa shape index (κ3) is 4.29. The van der Waals surface area contributed by atoms with Gasteiger partial charge in [-0.05, 0) is 12.1 Å². The number of carbonyl (C=O) groups is 1. The van der Waals surface area contributed by atoms with E-state index in [1.54, 1.807) is 0 Å². The normalized spacial score (nSPS) is 10.9. The van der Waals surface area contributed by atoms with Crippen LogP contribution in [0.1, 0.15) is 5.56 Å². The minimum atomic E-state index is -4.53.